The molecule has 1 aromatic rings. The summed E-state index contributed by atoms with van der Waals surface area (Å²) >= 11 is 0. The third kappa shape index (κ3) is 3.69. The number of hydrogen-bond acceptors (Lipinski definition) is 5. The number of carbonyl (C=O) groups excluding carboxylic acids is 1. The predicted octanol–water partition coefficient (Wildman–Crippen LogP) is 0.758. The molecule has 2 N–H and O–H groups in total. The highest BCUT2D eigenvalue weighted by atomic mass is 16.5. The Morgan fingerprint density at radius 2 is 2.36 bits per heavy atom. The summed E-state index contributed by atoms with van der Waals surface area (Å²) < 4.78 is 10.8. The molecule has 6 nitrogen and oxygen atoms in total. The van der Waals surface area contributed by atoms with E-state index in [9.17, 15) is 9.90 Å². The van der Waals surface area contributed by atoms with Crippen LogP contribution in [0.1, 0.15) is 25.0 Å². The first-order valence-electron chi connectivity index (χ1n) is 8.03. The van der Waals surface area contributed by atoms with Crippen LogP contribution in [0.5, 0.6) is 0 Å². The number of nitrogens with one attached hydrogen (secondary N) is 1. The molecule has 3 atom stereocenters. The topological polar surface area (TPSA) is 74.9 Å². The van der Waals surface area contributed by atoms with Crippen molar-refractivity contribution in [2.24, 2.45) is 5.92 Å². The van der Waals surface area contributed by atoms with Crippen LogP contribution in [0.2, 0.25) is 0 Å². The van der Waals surface area contributed by atoms with Gasteiger partial charge in [-0.25, -0.2) is 0 Å². The van der Waals surface area contributed by atoms with Crippen molar-refractivity contribution >= 4 is 5.91 Å². The molecule has 22 heavy (non-hydrogen) atoms. The fraction of sp³-hybridized carbons (Fsp3) is 0.688. The first kappa shape index (κ1) is 15.5. The maximum atomic E-state index is 12.2. The lowest BCUT2D eigenvalue weighted by Gasteiger charge is -2.39. The van der Waals surface area contributed by atoms with Gasteiger partial charge < -0.3 is 19.6 Å². The van der Waals surface area contributed by atoms with Crippen LogP contribution >= 0.6 is 0 Å². The molecular formula is C16H24N2O4. The number of ether oxygens (including phenoxy) is 1. The quantitative estimate of drug-likeness (QED) is 0.840. The number of carbonyl (C=O) groups is 1. The summed E-state index contributed by atoms with van der Waals surface area (Å²) in [6, 6.07) is 3.79. The lowest BCUT2D eigenvalue weighted by atomic mass is 9.94. The van der Waals surface area contributed by atoms with Crippen LogP contribution in [-0.2, 0) is 16.1 Å². The summed E-state index contributed by atoms with van der Waals surface area (Å²) in [4.78, 5) is 14.3. The van der Waals surface area contributed by atoms with Crippen LogP contribution < -0.4 is 5.32 Å². The highest BCUT2D eigenvalue weighted by Gasteiger charge is 2.38. The Hall–Kier alpha value is -1.37. The van der Waals surface area contributed by atoms with Crippen LogP contribution in [0.4, 0.5) is 0 Å². The number of hydrogen-bond donors (Lipinski definition) is 2. The minimum atomic E-state index is -0.264. The number of aliphatic hydroxyl groups is 1. The first-order chi connectivity index (χ1) is 10.7. The second kappa shape index (κ2) is 7.26. The van der Waals surface area contributed by atoms with Crippen LogP contribution in [0.25, 0.3) is 0 Å². The van der Waals surface area contributed by atoms with Crippen LogP contribution in [-0.4, -0.2) is 54.4 Å². The lowest BCUT2D eigenvalue weighted by Crippen LogP contribution is -2.53. The van der Waals surface area contributed by atoms with Crippen molar-refractivity contribution in [1.82, 2.24) is 10.2 Å². The van der Waals surface area contributed by atoms with E-state index in [0.29, 0.717) is 26.3 Å². The summed E-state index contributed by atoms with van der Waals surface area (Å²) in [6.45, 7) is 2.74. The van der Waals surface area contributed by atoms with Crippen molar-refractivity contribution < 1.29 is 19.1 Å². The second-order valence-electron chi connectivity index (χ2n) is 6.13. The van der Waals surface area contributed by atoms with Gasteiger partial charge in [0.2, 0.25) is 5.91 Å². The van der Waals surface area contributed by atoms with Gasteiger partial charge in [0.1, 0.15) is 5.76 Å². The van der Waals surface area contributed by atoms with E-state index in [-0.39, 0.29) is 24.0 Å². The standard InChI is InChI=1S/C16H24N2O4/c19-15-5-1-4-13(15)14-11-21-8-6-18(14)10-16(20)17-9-12-3-2-7-22-12/h2-3,7,13-15,19H,1,4-6,8-11H2,(H,17,20)/t13-,14-,15-/m1/s1. The Bertz CT molecular complexity index is 477. The van der Waals surface area contributed by atoms with E-state index in [2.05, 4.69) is 10.2 Å². The number of aliphatic hydroxyl groups excluding tert-OH is 1. The number of nitrogens with zero attached hydrogens (tertiary/aromatic N) is 1. The van der Waals surface area contributed by atoms with Gasteiger partial charge in [-0.1, -0.05) is 6.42 Å². The third-order valence-corrected chi connectivity index (χ3v) is 4.69. The molecule has 2 aliphatic rings. The minimum absolute atomic E-state index is 0.0178. The third-order valence-electron chi connectivity index (χ3n) is 4.69. The van der Waals surface area contributed by atoms with Gasteiger partial charge in [0.25, 0.3) is 0 Å². The average Bonchev–Trinajstić information content (AvgIpc) is 3.17. The lowest BCUT2D eigenvalue weighted by molar-refractivity contribution is -0.126. The van der Waals surface area contributed by atoms with Gasteiger partial charge in [0.05, 0.1) is 38.7 Å². The monoisotopic (exact) mass is 308 g/mol. The Balaban J connectivity index is 1.53. The molecule has 2 fully saturated rings. The number of amides is 1. The SMILES string of the molecule is O=C(CN1CCOC[C@@H]1[C@H]1CCC[C@H]1O)NCc1ccco1. The van der Waals surface area contributed by atoms with E-state index in [1.54, 1.807) is 12.3 Å². The number of furan rings is 1. The molecule has 1 saturated heterocycles. The van der Waals surface area contributed by atoms with Gasteiger partial charge in [-0.3, -0.25) is 9.69 Å². The van der Waals surface area contributed by atoms with Gasteiger partial charge in [-0.2, -0.15) is 0 Å². The fourth-order valence-corrected chi connectivity index (χ4v) is 3.51. The molecule has 0 unspecified atom stereocenters. The summed E-state index contributed by atoms with van der Waals surface area (Å²) in [7, 11) is 0. The van der Waals surface area contributed by atoms with Crippen molar-refractivity contribution in [3.05, 3.63) is 24.2 Å². The smallest absolute Gasteiger partial charge is 0.234 e. The largest absolute Gasteiger partial charge is 0.467 e. The van der Waals surface area contributed by atoms with E-state index in [1.807, 2.05) is 6.07 Å². The Morgan fingerprint density at radius 3 is 3.09 bits per heavy atom. The van der Waals surface area contributed by atoms with Crippen LogP contribution in [0.15, 0.2) is 22.8 Å². The number of morpholine rings is 1. The zero-order chi connectivity index (χ0) is 15.4. The molecule has 1 aliphatic carbocycles. The van der Waals surface area contributed by atoms with Gasteiger partial charge in [-0.05, 0) is 25.0 Å². The van der Waals surface area contributed by atoms with Crippen LogP contribution in [0.3, 0.4) is 0 Å². The molecule has 3 rings (SSSR count). The van der Waals surface area contributed by atoms with Crippen molar-refractivity contribution in [3.63, 3.8) is 0 Å². The van der Waals surface area contributed by atoms with Crippen molar-refractivity contribution in [3.8, 4) is 0 Å². The van der Waals surface area contributed by atoms with E-state index in [0.717, 1.165) is 31.6 Å². The Kier molecular flexibility index (Phi) is 5.12. The van der Waals surface area contributed by atoms with E-state index < -0.39 is 0 Å². The van der Waals surface area contributed by atoms with Crippen molar-refractivity contribution in [2.75, 3.05) is 26.3 Å². The van der Waals surface area contributed by atoms with Crippen molar-refractivity contribution in [1.29, 1.82) is 0 Å². The molecule has 0 spiro atoms. The zero-order valence-electron chi connectivity index (χ0n) is 12.7. The molecule has 0 aromatic carbocycles. The molecule has 1 amide bonds. The maximum Gasteiger partial charge on any atom is 0.234 e. The fourth-order valence-electron chi connectivity index (χ4n) is 3.51. The highest BCUT2D eigenvalue weighted by Crippen LogP contribution is 2.32. The maximum absolute atomic E-state index is 12.2. The molecule has 6 heteroatoms. The van der Waals surface area contributed by atoms with Crippen LogP contribution in [0, 0.1) is 5.92 Å². The molecule has 1 saturated carbocycles. The molecule has 0 radical (unpaired) electrons. The number of rotatable bonds is 5. The molecule has 2 heterocycles. The molecule has 0 bridgehead atoms. The van der Waals surface area contributed by atoms with Gasteiger partial charge in [0, 0.05) is 18.5 Å². The Morgan fingerprint density at radius 1 is 1.45 bits per heavy atom. The van der Waals surface area contributed by atoms with E-state index in [1.165, 1.54) is 0 Å². The van der Waals surface area contributed by atoms with E-state index >= 15 is 0 Å². The summed E-state index contributed by atoms with van der Waals surface area (Å²) in [6.07, 6.45) is 4.27. The summed E-state index contributed by atoms with van der Waals surface area (Å²) in [5.74, 6) is 0.951. The van der Waals surface area contributed by atoms with Gasteiger partial charge >= 0.3 is 0 Å². The normalized spacial score (nSPS) is 29.6. The highest BCUT2D eigenvalue weighted by molar-refractivity contribution is 5.78. The van der Waals surface area contributed by atoms with E-state index in [4.69, 9.17) is 9.15 Å². The van der Waals surface area contributed by atoms with Gasteiger partial charge in [-0.15, -0.1) is 0 Å². The van der Waals surface area contributed by atoms with Gasteiger partial charge in [0.15, 0.2) is 0 Å². The zero-order valence-corrected chi connectivity index (χ0v) is 12.7. The molecule has 1 aromatic heterocycles. The molecule has 122 valence electrons. The summed E-state index contributed by atoms with van der Waals surface area (Å²) in [5, 5.41) is 13.0. The van der Waals surface area contributed by atoms with Crippen molar-refractivity contribution in [2.45, 2.75) is 38.0 Å². The first-order valence-corrected chi connectivity index (χ1v) is 8.03. The Labute approximate surface area is 130 Å². The molecule has 1 aliphatic heterocycles. The summed E-state index contributed by atoms with van der Waals surface area (Å²) in [5.41, 5.74) is 0. The average molecular weight is 308 g/mol. The minimum Gasteiger partial charge on any atom is -0.467 e. The second-order valence-corrected chi connectivity index (χ2v) is 6.13. The molecular weight excluding hydrogens is 284 g/mol. The predicted molar refractivity (Wildman–Crippen MR) is 80.1 cm³/mol.